The number of hydrogen-bond donors (Lipinski definition) is 2. The first kappa shape index (κ1) is 14.5. The Morgan fingerprint density at radius 1 is 1.10 bits per heavy atom. The SMILES string of the molecule is CCc1ccc(Sc2ccc(CC(=O)O)c(O)c2)cc1. The Morgan fingerprint density at radius 3 is 2.30 bits per heavy atom. The summed E-state index contributed by atoms with van der Waals surface area (Å²) in [5, 5.41) is 18.6. The van der Waals surface area contributed by atoms with Gasteiger partial charge >= 0.3 is 5.97 Å². The summed E-state index contributed by atoms with van der Waals surface area (Å²) in [7, 11) is 0. The van der Waals surface area contributed by atoms with Crippen LogP contribution in [-0.4, -0.2) is 16.2 Å². The number of phenolic OH excluding ortho intramolecular Hbond substituents is 1. The van der Waals surface area contributed by atoms with Gasteiger partial charge in [-0.1, -0.05) is 36.9 Å². The van der Waals surface area contributed by atoms with Crippen molar-refractivity contribution >= 4 is 17.7 Å². The van der Waals surface area contributed by atoms with Crippen molar-refractivity contribution in [3.63, 3.8) is 0 Å². The van der Waals surface area contributed by atoms with Crippen molar-refractivity contribution in [1.82, 2.24) is 0 Å². The van der Waals surface area contributed by atoms with Crippen LogP contribution < -0.4 is 0 Å². The quantitative estimate of drug-likeness (QED) is 0.880. The van der Waals surface area contributed by atoms with Gasteiger partial charge < -0.3 is 10.2 Å². The maximum atomic E-state index is 10.6. The van der Waals surface area contributed by atoms with Crippen LogP contribution in [0.25, 0.3) is 0 Å². The number of carbonyl (C=O) groups is 1. The van der Waals surface area contributed by atoms with E-state index in [1.165, 1.54) is 5.56 Å². The second-order valence-corrected chi connectivity index (χ2v) is 5.61. The topological polar surface area (TPSA) is 57.5 Å². The first-order valence-electron chi connectivity index (χ1n) is 6.39. The average Bonchev–Trinajstić information content (AvgIpc) is 2.42. The van der Waals surface area contributed by atoms with Gasteiger partial charge in [0.2, 0.25) is 0 Å². The summed E-state index contributed by atoms with van der Waals surface area (Å²) < 4.78 is 0. The number of benzene rings is 2. The second kappa shape index (κ2) is 6.48. The number of phenols is 1. The summed E-state index contributed by atoms with van der Waals surface area (Å²) in [4.78, 5) is 12.6. The number of aromatic hydroxyl groups is 1. The fourth-order valence-corrected chi connectivity index (χ4v) is 2.70. The molecule has 0 saturated carbocycles. The Kier molecular flexibility index (Phi) is 4.69. The van der Waals surface area contributed by atoms with E-state index >= 15 is 0 Å². The summed E-state index contributed by atoms with van der Waals surface area (Å²) in [5.41, 5.74) is 1.72. The molecule has 3 nitrogen and oxygen atoms in total. The lowest BCUT2D eigenvalue weighted by molar-refractivity contribution is -0.136. The Labute approximate surface area is 122 Å². The minimum atomic E-state index is -0.948. The number of aliphatic carboxylic acids is 1. The summed E-state index contributed by atoms with van der Waals surface area (Å²) in [5.74, 6) is -0.918. The van der Waals surface area contributed by atoms with Gasteiger partial charge in [0.25, 0.3) is 0 Å². The lowest BCUT2D eigenvalue weighted by atomic mass is 10.1. The number of carboxylic acid groups (broad SMARTS) is 1. The predicted molar refractivity (Wildman–Crippen MR) is 79.4 cm³/mol. The molecule has 0 bridgehead atoms. The van der Waals surface area contributed by atoms with Gasteiger partial charge in [0.1, 0.15) is 5.75 Å². The molecule has 20 heavy (non-hydrogen) atoms. The Morgan fingerprint density at radius 2 is 1.75 bits per heavy atom. The van der Waals surface area contributed by atoms with Gasteiger partial charge in [-0.05, 0) is 36.2 Å². The van der Waals surface area contributed by atoms with Crippen LogP contribution in [0.1, 0.15) is 18.1 Å². The molecule has 0 saturated heterocycles. The molecule has 0 atom stereocenters. The zero-order valence-electron chi connectivity index (χ0n) is 11.2. The smallest absolute Gasteiger partial charge is 0.307 e. The third-order valence-corrected chi connectivity index (χ3v) is 3.96. The van der Waals surface area contributed by atoms with Crippen LogP contribution in [0.5, 0.6) is 5.75 Å². The highest BCUT2D eigenvalue weighted by Gasteiger charge is 2.07. The molecule has 0 aliphatic rings. The highest BCUT2D eigenvalue weighted by Crippen LogP contribution is 2.31. The third-order valence-electron chi connectivity index (χ3n) is 2.97. The highest BCUT2D eigenvalue weighted by molar-refractivity contribution is 7.99. The van der Waals surface area contributed by atoms with Gasteiger partial charge in [-0.15, -0.1) is 0 Å². The molecular weight excluding hydrogens is 272 g/mol. The molecular formula is C16H16O3S. The molecule has 2 aromatic rings. The number of rotatable bonds is 5. The Hall–Kier alpha value is -1.94. The molecule has 2 N–H and O–H groups in total. The average molecular weight is 288 g/mol. The summed E-state index contributed by atoms with van der Waals surface area (Å²) in [6.45, 7) is 2.11. The van der Waals surface area contributed by atoms with E-state index in [9.17, 15) is 9.90 Å². The molecule has 0 aromatic heterocycles. The van der Waals surface area contributed by atoms with Crippen LogP contribution in [0.4, 0.5) is 0 Å². The van der Waals surface area contributed by atoms with Crippen molar-refractivity contribution in [3.05, 3.63) is 53.6 Å². The molecule has 0 spiro atoms. The maximum Gasteiger partial charge on any atom is 0.307 e. The van der Waals surface area contributed by atoms with Crippen LogP contribution in [0.2, 0.25) is 0 Å². The molecule has 2 rings (SSSR count). The van der Waals surface area contributed by atoms with Crippen LogP contribution in [0.15, 0.2) is 52.3 Å². The molecule has 0 heterocycles. The van der Waals surface area contributed by atoms with E-state index in [0.717, 1.165) is 16.2 Å². The minimum Gasteiger partial charge on any atom is -0.508 e. The number of hydrogen-bond acceptors (Lipinski definition) is 3. The lowest BCUT2D eigenvalue weighted by Gasteiger charge is -2.06. The van der Waals surface area contributed by atoms with Crippen molar-refractivity contribution in [2.24, 2.45) is 0 Å². The Balaban J connectivity index is 2.13. The fourth-order valence-electron chi connectivity index (χ4n) is 1.85. The van der Waals surface area contributed by atoms with E-state index in [4.69, 9.17) is 5.11 Å². The molecule has 0 aliphatic carbocycles. The van der Waals surface area contributed by atoms with E-state index < -0.39 is 5.97 Å². The molecule has 0 amide bonds. The minimum absolute atomic E-state index is 0.0302. The first-order chi connectivity index (χ1) is 9.58. The van der Waals surface area contributed by atoms with Crippen molar-refractivity contribution in [1.29, 1.82) is 0 Å². The van der Waals surface area contributed by atoms with Crippen LogP contribution in [0, 0.1) is 0 Å². The molecule has 104 valence electrons. The molecule has 0 aliphatic heterocycles. The number of carboxylic acids is 1. The van der Waals surface area contributed by atoms with Gasteiger partial charge in [0, 0.05) is 15.4 Å². The monoisotopic (exact) mass is 288 g/mol. The van der Waals surface area contributed by atoms with E-state index in [1.54, 1.807) is 23.9 Å². The summed E-state index contributed by atoms with van der Waals surface area (Å²) >= 11 is 1.54. The Bertz CT molecular complexity index is 606. The molecule has 4 heteroatoms. The molecule has 0 unspecified atom stereocenters. The number of aryl methyl sites for hydroxylation is 1. The van der Waals surface area contributed by atoms with Crippen molar-refractivity contribution in [3.8, 4) is 5.75 Å². The van der Waals surface area contributed by atoms with E-state index in [1.807, 2.05) is 18.2 Å². The fraction of sp³-hybridized carbons (Fsp3) is 0.188. The van der Waals surface area contributed by atoms with Gasteiger partial charge in [0.05, 0.1) is 6.42 Å². The zero-order chi connectivity index (χ0) is 14.5. The third kappa shape index (κ3) is 3.78. The highest BCUT2D eigenvalue weighted by atomic mass is 32.2. The zero-order valence-corrected chi connectivity index (χ0v) is 12.0. The van der Waals surface area contributed by atoms with Crippen molar-refractivity contribution in [2.45, 2.75) is 29.6 Å². The largest absolute Gasteiger partial charge is 0.508 e. The molecule has 0 radical (unpaired) electrons. The maximum absolute atomic E-state index is 10.6. The summed E-state index contributed by atoms with van der Waals surface area (Å²) in [6, 6.07) is 13.4. The van der Waals surface area contributed by atoms with Crippen LogP contribution >= 0.6 is 11.8 Å². The standard InChI is InChI=1S/C16H16O3S/c1-2-11-3-6-13(7-4-11)20-14-8-5-12(9-16(18)19)15(17)10-14/h3-8,10,17H,2,9H2,1H3,(H,18,19). The van der Waals surface area contributed by atoms with E-state index in [0.29, 0.717) is 5.56 Å². The van der Waals surface area contributed by atoms with Crippen LogP contribution in [0.3, 0.4) is 0 Å². The van der Waals surface area contributed by atoms with Gasteiger partial charge in [-0.2, -0.15) is 0 Å². The lowest BCUT2D eigenvalue weighted by Crippen LogP contribution is -2.00. The van der Waals surface area contributed by atoms with Crippen molar-refractivity contribution in [2.75, 3.05) is 0 Å². The van der Waals surface area contributed by atoms with Crippen LogP contribution in [-0.2, 0) is 17.6 Å². The van der Waals surface area contributed by atoms with E-state index in [-0.39, 0.29) is 12.2 Å². The second-order valence-electron chi connectivity index (χ2n) is 4.46. The molecule has 0 fully saturated rings. The normalized spacial score (nSPS) is 10.4. The predicted octanol–water partition coefficient (Wildman–Crippen LogP) is 3.73. The van der Waals surface area contributed by atoms with Gasteiger partial charge in [0.15, 0.2) is 0 Å². The van der Waals surface area contributed by atoms with Gasteiger partial charge in [-0.3, -0.25) is 4.79 Å². The van der Waals surface area contributed by atoms with Gasteiger partial charge in [-0.25, -0.2) is 0 Å². The summed E-state index contributed by atoms with van der Waals surface area (Å²) in [6.07, 6.45) is 0.845. The molecule has 2 aromatic carbocycles. The first-order valence-corrected chi connectivity index (χ1v) is 7.20. The van der Waals surface area contributed by atoms with Crippen molar-refractivity contribution < 1.29 is 15.0 Å². The van der Waals surface area contributed by atoms with E-state index in [2.05, 4.69) is 19.1 Å².